The number of ether oxygens (including phenoxy) is 2. The van der Waals surface area contributed by atoms with Crippen molar-refractivity contribution in [2.45, 2.75) is 32.2 Å². The highest BCUT2D eigenvalue weighted by Crippen LogP contribution is 2.43. The first-order valence-corrected chi connectivity index (χ1v) is 8.14. The summed E-state index contributed by atoms with van der Waals surface area (Å²) in [5.74, 6) is 1.45. The number of aromatic nitrogens is 1. The number of pyridine rings is 1. The van der Waals surface area contributed by atoms with Gasteiger partial charge in [-0.05, 0) is 30.7 Å². The van der Waals surface area contributed by atoms with Crippen molar-refractivity contribution < 1.29 is 9.47 Å². The third-order valence-electron chi connectivity index (χ3n) is 4.59. The monoisotopic (exact) mass is 448 g/mol. The number of hydrogen-bond donors (Lipinski definition) is 2. The van der Waals surface area contributed by atoms with Gasteiger partial charge in [0.25, 0.3) is 0 Å². The molecular weight excluding hydrogens is 419 g/mol. The fraction of sp³-hybridized carbons (Fsp3) is 0.647. The maximum atomic E-state index is 5.27. The van der Waals surface area contributed by atoms with Crippen LogP contribution in [0, 0.1) is 5.41 Å². The summed E-state index contributed by atoms with van der Waals surface area (Å²) in [5.41, 5.74) is 1.37. The first kappa shape index (κ1) is 21.0. The number of aliphatic imine (C=N–C) groups is 1. The first-order chi connectivity index (χ1) is 11.2. The molecule has 1 aromatic heterocycles. The molecule has 1 aliphatic carbocycles. The van der Waals surface area contributed by atoms with E-state index < -0.39 is 0 Å². The van der Waals surface area contributed by atoms with E-state index in [0.717, 1.165) is 31.1 Å². The summed E-state index contributed by atoms with van der Waals surface area (Å²) < 4.78 is 10.5. The van der Waals surface area contributed by atoms with Crippen LogP contribution in [-0.2, 0) is 11.3 Å². The van der Waals surface area contributed by atoms with Gasteiger partial charge < -0.3 is 20.1 Å². The molecule has 6 nitrogen and oxygen atoms in total. The minimum atomic E-state index is 0. The molecular formula is C17H29IN4O2. The van der Waals surface area contributed by atoms with Crippen LogP contribution in [0.5, 0.6) is 5.88 Å². The summed E-state index contributed by atoms with van der Waals surface area (Å²) in [5, 5.41) is 6.78. The molecule has 0 amide bonds. The molecule has 0 bridgehead atoms. The zero-order valence-electron chi connectivity index (χ0n) is 14.8. The summed E-state index contributed by atoms with van der Waals surface area (Å²) >= 11 is 0. The zero-order chi connectivity index (χ0) is 16.5. The molecule has 0 aromatic carbocycles. The Bertz CT molecular complexity index is 521. The van der Waals surface area contributed by atoms with Gasteiger partial charge in [-0.25, -0.2) is 4.98 Å². The Morgan fingerprint density at radius 2 is 2.12 bits per heavy atom. The number of nitrogens with zero attached hydrogens (tertiary/aromatic N) is 2. The average molecular weight is 448 g/mol. The zero-order valence-corrected chi connectivity index (χ0v) is 17.1. The molecule has 0 saturated heterocycles. The van der Waals surface area contributed by atoms with Crippen LogP contribution >= 0.6 is 24.0 Å². The largest absolute Gasteiger partial charge is 0.481 e. The van der Waals surface area contributed by atoms with Crippen molar-refractivity contribution in [3.8, 4) is 5.88 Å². The molecule has 0 unspecified atom stereocenters. The molecule has 1 aliphatic rings. The summed E-state index contributed by atoms with van der Waals surface area (Å²) in [4.78, 5) is 8.51. The normalized spacial score (nSPS) is 15.9. The second-order valence-electron chi connectivity index (χ2n) is 6.05. The van der Waals surface area contributed by atoms with Crippen molar-refractivity contribution in [3.63, 3.8) is 0 Å². The topological polar surface area (TPSA) is 67.8 Å². The van der Waals surface area contributed by atoms with Crippen LogP contribution in [0.4, 0.5) is 0 Å². The van der Waals surface area contributed by atoms with Gasteiger partial charge >= 0.3 is 0 Å². The predicted octanol–water partition coefficient (Wildman–Crippen LogP) is 2.58. The lowest BCUT2D eigenvalue weighted by molar-refractivity contribution is 0.0732. The van der Waals surface area contributed by atoms with Crippen LogP contribution in [0.3, 0.4) is 0 Å². The average Bonchev–Trinajstić information content (AvgIpc) is 2.56. The van der Waals surface area contributed by atoms with E-state index in [4.69, 9.17) is 9.47 Å². The quantitative estimate of drug-likeness (QED) is 0.364. The van der Waals surface area contributed by atoms with Gasteiger partial charge in [0.2, 0.25) is 5.88 Å². The van der Waals surface area contributed by atoms with E-state index in [1.54, 1.807) is 27.5 Å². The van der Waals surface area contributed by atoms with E-state index in [2.05, 4.69) is 20.6 Å². The minimum absolute atomic E-state index is 0. The van der Waals surface area contributed by atoms with Crippen LogP contribution in [-0.4, -0.2) is 45.4 Å². The van der Waals surface area contributed by atoms with Gasteiger partial charge in [-0.2, -0.15) is 0 Å². The van der Waals surface area contributed by atoms with E-state index in [1.165, 1.54) is 19.3 Å². The standard InChI is InChI=1S/C17H28N4O2.HI/c1-18-16(20-12-14-6-4-10-19-15(14)23-3)21-13-17(7-5-8-17)9-11-22-2;/h4,6,10H,5,7-9,11-13H2,1-3H3,(H2,18,20,21);1H. The molecule has 2 N–H and O–H groups in total. The number of methoxy groups -OCH3 is 2. The SMILES string of the molecule is CN=C(NCc1cccnc1OC)NCC1(CCOC)CCC1.I. The maximum absolute atomic E-state index is 5.27. The lowest BCUT2D eigenvalue weighted by atomic mass is 9.67. The van der Waals surface area contributed by atoms with E-state index in [1.807, 2.05) is 12.1 Å². The fourth-order valence-electron chi connectivity index (χ4n) is 2.92. The Labute approximate surface area is 161 Å². The van der Waals surface area contributed by atoms with Gasteiger partial charge in [0, 0.05) is 45.6 Å². The summed E-state index contributed by atoms with van der Waals surface area (Å²) in [6.45, 7) is 2.38. The van der Waals surface area contributed by atoms with Crippen LogP contribution < -0.4 is 15.4 Å². The molecule has 1 aromatic rings. The second kappa shape index (κ2) is 10.7. The molecule has 0 aliphatic heterocycles. The Morgan fingerprint density at radius 3 is 2.71 bits per heavy atom. The van der Waals surface area contributed by atoms with Gasteiger partial charge in [0.05, 0.1) is 7.11 Å². The second-order valence-corrected chi connectivity index (χ2v) is 6.05. The number of hydrogen-bond acceptors (Lipinski definition) is 4. The Balaban J connectivity index is 0.00000288. The van der Waals surface area contributed by atoms with Crippen molar-refractivity contribution in [2.75, 3.05) is 34.4 Å². The van der Waals surface area contributed by atoms with Crippen molar-refractivity contribution >= 4 is 29.9 Å². The number of guanidine groups is 1. The highest BCUT2D eigenvalue weighted by Gasteiger charge is 2.36. The number of rotatable bonds is 8. The minimum Gasteiger partial charge on any atom is -0.481 e. The van der Waals surface area contributed by atoms with E-state index in [0.29, 0.717) is 17.8 Å². The van der Waals surface area contributed by atoms with Crippen molar-refractivity contribution in [2.24, 2.45) is 10.4 Å². The lowest BCUT2D eigenvalue weighted by Crippen LogP contribution is -2.46. The van der Waals surface area contributed by atoms with Gasteiger partial charge in [0.1, 0.15) is 0 Å². The predicted molar refractivity (Wildman–Crippen MR) is 107 cm³/mol. The molecule has 2 rings (SSSR count). The van der Waals surface area contributed by atoms with Crippen LogP contribution in [0.2, 0.25) is 0 Å². The summed E-state index contributed by atoms with van der Waals surface area (Å²) in [6.07, 6.45) is 6.66. The lowest BCUT2D eigenvalue weighted by Gasteiger charge is -2.42. The number of nitrogens with one attached hydrogen (secondary N) is 2. The van der Waals surface area contributed by atoms with Crippen LogP contribution in [0.25, 0.3) is 0 Å². The first-order valence-electron chi connectivity index (χ1n) is 8.14. The molecule has 1 saturated carbocycles. The summed E-state index contributed by atoms with van der Waals surface area (Å²) in [6, 6.07) is 3.90. The molecule has 0 radical (unpaired) electrons. The van der Waals surface area contributed by atoms with Crippen LogP contribution in [0.15, 0.2) is 23.3 Å². The molecule has 1 fully saturated rings. The Morgan fingerprint density at radius 1 is 1.33 bits per heavy atom. The van der Waals surface area contributed by atoms with Crippen molar-refractivity contribution in [3.05, 3.63) is 23.9 Å². The van der Waals surface area contributed by atoms with Crippen LogP contribution in [0.1, 0.15) is 31.2 Å². The molecule has 7 heteroatoms. The Kier molecular flexibility index (Phi) is 9.35. The van der Waals surface area contributed by atoms with Gasteiger partial charge in [0.15, 0.2) is 5.96 Å². The Hall–Kier alpha value is -1.09. The molecule has 24 heavy (non-hydrogen) atoms. The van der Waals surface area contributed by atoms with Crippen molar-refractivity contribution in [1.82, 2.24) is 15.6 Å². The highest BCUT2D eigenvalue weighted by molar-refractivity contribution is 14.0. The van der Waals surface area contributed by atoms with E-state index >= 15 is 0 Å². The fourth-order valence-corrected chi connectivity index (χ4v) is 2.92. The van der Waals surface area contributed by atoms with Crippen molar-refractivity contribution in [1.29, 1.82) is 0 Å². The van der Waals surface area contributed by atoms with Gasteiger partial charge in [-0.15, -0.1) is 24.0 Å². The van der Waals surface area contributed by atoms with Gasteiger partial charge in [-0.1, -0.05) is 12.5 Å². The van der Waals surface area contributed by atoms with E-state index in [-0.39, 0.29) is 24.0 Å². The third kappa shape index (κ3) is 5.77. The van der Waals surface area contributed by atoms with E-state index in [9.17, 15) is 0 Å². The third-order valence-corrected chi connectivity index (χ3v) is 4.59. The molecule has 0 atom stereocenters. The molecule has 0 spiro atoms. The molecule has 136 valence electrons. The van der Waals surface area contributed by atoms with Gasteiger partial charge in [-0.3, -0.25) is 4.99 Å². The maximum Gasteiger partial charge on any atom is 0.218 e. The highest BCUT2D eigenvalue weighted by atomic mass is 127. The summed E-state index contributed by atoms with van der Waals surface area (Å²) in [7, 11) is 5.19. The number of halogens is 1. The molecule has 1 heterocycles. The smallest absolute Gasteiger partial charge is 0.218 e.